The third-order valence-electron chi connectivity index (χ3n) is 2.76. The Morgan fingerprint density at radius 3 is 1.88 bits per heavy atom. The Labute approximate surface area is 107 Å². The summed E-state index contributed by atoms with van der Waals surface area (Å²) < 4.78 is 39.8. The van der Waals surface area contributed by atoms with Crippen LogP contribution in [0.5, 0.6) is 0 Å². The molecule has 17 heavy (non-hydrogen) atoms. The molecular formula is C12H14BrF3O. The number of hydrogen-bond acceptors (Lipinski definition) is 1. The normalized spacial score (nSPS) is 16.7. The molecule has 1 N–H and O–H groups in total. The molecule has 1 unspecified atom stereocenters. The third-order valence-corrected chi connectivity index (χ3v) is 3.45. The van der Waals surface area contributed by atoms with Gasteiger partial charge in [-0.3, -0.25) is 0 Å². The molecule has 0 bridgehead atoms. The maximum atomic E-state index is 13.2. The van der Waals surface area contributed by atoms with E-state index in [9.17, 15) is 18.3 Å². The number of halogens is 4. The fourth-order valence-electron chi connectivity index (χ4n) is 1.74. The number of rotatable bonds is 1. The number of benzene rings is 1. The van der Waals surface area contributed by atoms with Gasteiger partial charge in [0.05, 0.1) is 0 Å². The molecule has 0 aliphatic rings. The summed E-state index contributed by atoms with van der Waals surface area (Å²) in [6, 6.07) is 5.84. The summed E-state index contributed by atoms with van der Waals surface area (Å²) >= 11 is 3.06. The molecule has 0 aliphatic carbocycles. The van der Waals surface area contributed by atoms with Crippen molar-refractivity contribution < 1.29 is 18.3 Å². The van der Waals surface area contributed by atoms with E-state index < -0.39 is 17.2 Å². The average molecular weight is 311 g/mol. The number of aliphatic hydroxyl groups is 1. The smallest absolute Gasteiger partial charge is 0.376 e. The molecule has 0 saturated heterocycles. The van der Waals surface area contributed by atoms with E-state index in [0.29, 0.717) is 0 Å². The van der Waals surface area contributed by atoms with Gasteiger partial charge in [-0.15, -0.1) is 0 Å². The zero-order valence-electron chi connectivity index (χ0n) is 9.77. The van der Waals surface area contributed by atoms with Crippen LogP contribution in [0.1, 0.15) is 26.3 Å². The molecule has 0 spiro atoms. The van der Waals surface area contributed by atoms with Crippen molar-refractivity contribution in [1.82, 2.24) is 0 Å². The lowest BCUT2D eigenvalue weighted by molar-refractivity contribution is -0.302. The molecule has 96 valence electrons. The zero-order chi connectivity index (χ0) is 13.5. The van der Waals surface area contributed by atoms with Crippen LogP contribution >= 0.6 is 15.9 Å². The van der Waals surface area contributed by atoms with Gasteiger partial charge in [-0.2, -0.15) is 13.2 Å². The summed E-state index contributed by atoms with van der Waals surface area (Å²) in [7, 11) is 0. The van der Waals surface area contributed by atoms with E-state index in [1.165, 1.54) is 39.0 Å². The molecule has 0 amide bonds. The van der Waals surface area contributed by atoms with Crippen molar-refractivity contribution in [2.75, 3.05) is 0 Å². The molecule has 1 aromatic carbocycles. The van der Waals surface area contributed by atoms with Crippen LogP contribution in [0.2, 0.25) is 0 Å². The summed E-state index contributed by atoms with van der Waals surface area (Å²) in [4.78, 5) is 0. The van der Waals surface area contributed by atoms with Crippen LogP contribution in [0.3, 0.4) is 0 Å². The Bertz CT molecular complexity index is 393. The summed E-state index contributed by atoms with van der Waals surface area (Å²) in [5.74, 6) is 0. The SMILES string of the molecule is CC(C)(C)C(O)(c1ccccc1Br)C(F)(F)F. The Morgan fingerprint density at radius 2 is 1.53 bits per heavy atom. The highest BCUT2D eigenvalue weighted by atomic mass is 79.9. The van der Waals surface area contributed by atoms with Gasteiger partial charge in [-0.1, -0.05) is 54.9 Å². The predicted molar refractivity (Wildman–Crippen MR) is 63.5 cm³/mol. The number of alkyl halides is 3. The monoisotopic (exact) mass is 310 g/mol. The van der Waals surface area contributed by atoms with E-state index in [0.717, 1.165) is 0 Å². The van der Waals surface area contributed by atoms with Crippen molar-refractivity contribution >= 4 is 15.9 Å². The van der Waals surface area contributed by atoms with Gasteiger partial charge in [0.25, 0.3) is 0 Å². The molecule has 0 radical (unpaired) electrons. The van der Waals surface area contributed by atoms with Crippen LogP contribution in [-0.2, 0) is 5.60 Å². The minimum absolute atomic E-state index is 0.167. The van der Waals surface area contributed by atoms with Gasteiger partial charge in [0.15, 0.2) is 5.60 Å². The standard InChI is InChI=1S/C12H14BrF3O/c1-10(2,3)11(17,12(14,15)16)8-6-4-5-7-9(8)13/h4-7,17H,1-3H3. The Kier molecular flexibility index (Phi) is 3.65. The molecule has 1 rings (SSSR count). The van der Waals surface area contributed by atoms with Crippen molar-refractivity contribution in [3.8, 4) is 0 Å². The average Bonchev–Trinajstić information content (AvgIpc) is 2.13. The number of hydrogen-bond donors (Lipinski definition) is 1. The first-order chi connectivity index (χ1) is 7.52. The van der Waals surface area contributed by atoms with E-state index in [1.807, 2.05) is 0 Å². The second-order valence-corrected chi connectivity index (χ2v) is 5.79. The molecule has 1 atom stereocenters. The van der Waals surface area contributed by atoms with Gasteiger partial charge in [0.2, 0.25) is 0 Å². The topological polar surface area (TPSA) is 20.2 Å². The first-order valence-electron chi connectivity index (χ1n) is 5.06. The zero-order valence-corrected chi connectivity index (χ0v) is 11.4. The van der Waals surface area contributed by atoms with Crippen LogP contribution in [0, 0.1) is 5.41 Å². The van der Waals surface area contributed by atoms with Crippen LogP contribution in [-0.4, -0.2) is 11.3 Å². The Morgan fingerprint density at radius 1 is 1.06 bits per heavy atom. The van der Waals surface area contributed by atoms with Crippen LogP contribution in [0.4, 0.5) is 13.2 Å². The predicted octanol–water partition coefficient (Wildman–Crippen LogP) is 4.25. The molecule has 0 aromatic heterocycles. The van der Waals surface area contributed by atoms with E-state index in [2.05, 4.69) is 15.9 Å². The van der Waals surface area contributed by atoms with Crippen molar-refractivity contribution in [2.45, 2.75) is 32.5 Å². The van der Waals surface area contributed by atoms with Gasteiger partial charge >= 0.3 is 6.18 Å². The molecule has 5 heteroatoms. The highest BCUT2D eigenvalue weighted by molar-refractivity contribution is 9.10. The van der Waals surface area contributed by atoms with Crippen LogP contribution in [0.25, 0.3) is 0 Å². The highest BCUT2D eigenvalue weighted by Crippen LogP contribution is 2.52. The second-order valence-electron chi connectivity index (χ2n) is 4.94. The first-order valence-corrected chi connectivity index (χ1v) is 5.85. The first kappa shape index (κ1) is 14.5. The van der Waals surface area contributed by atoms with E-state index in [4.69, 9.17) is 0 Å². The fourth-order valence-corrected chi connectivity index (χ4v) is 2.31. The van der Waals surface area contributed by atoms with Crippen molar-refractivity contribution in [3.05, 3.63) is 34.3 Å². The quantitative estimate of drug-likeness (QED) is 0.822. The lowest BCUT2D eigenvalue weighted by Crippen LogP contribution is -2.52. The molecule has 1 aromatic rings. The fraction of sp³-hybridized carbons (Fsp3) is 0.500. The lowest BCUT2D eigenvalue weighted by atomic mass is 9.71. The Balaban J connectivity index is 3.53. The molecular weight excluding hydrogens is 297 g/mol. The van der Waals surface area contributed by atoms with Crippen molar-refractivity contribution in [1.29, 1.82) is 0 Å². The van der Waals surface area contributed by atoms with Crippen LogP contribution in [0.15, 0.2) is 28.7 Å². The molecule has 1 nitrogen and oxygen atoms in total. The minimum atomic E-state index is -4.74. The summed E-state index contributed by atoms with van der Waals surface area (Å²) in [5, 5.41) is 10.2. The Hall–Kier alpha value is -0.550. The van der Waals surface area contributed by atoms with Gasteiger partial charge in [-0.05, 0) is 6.07 Å². The molecule has 0 heterocycles. The minimum Gasteiger partial charge on any atom is -0.376 e. The maximum absolute atomic E-state index is 13.2. The van der Waals surface area contributed by atoms with Crippen molar-refractivity contribution in [2.24, 2.45) is 5.41 Å². The maximum Gasteiger partial charge on any atom is 0.422 e. The summed E-state index contributed by atoms with van der Waals surface area (Å²) in [6.07, 6.45) is -4.74. The second kappa shape index (κ2) is 4.28. The third kappa shape index (κ3) is 2.36. The molecule has 0 aliphatic heterocycles. The van der Waals surface area contributed by atoms with E-state index >= 15 is 0 Å². The van der Waals surface area contributed by atoms with Gasteiger partial charge in [-0.25, -0.2) is 0 Å². The van der Waals surface area contributed by atoms with Gasteiger partial charge < -0.3 is 5.11 Å². The van der Waals surface area contributed by atoms with Crippen LogP contribution < -0.4 is 0 Å². The molecule has 0 saturated carbocycles. The molecule has 0 fully saturated rings. The lowest BCUT2D eigenvalue weighted by Gasteiger charge is -2.42. The van der Waals surface area contributed by atoms with E-state index in [1.54, 1.807) is 6.07 Å². The highest BCUT2D eigenvalue weighted by Gasteiger charge is 2.62. The summed E-state index contributed by atoms with van der Waals surface area (Å²) in [5.41, 5.74) is -4.42. The van der Waals surface area contributed by atoms with Gasteiger partial charge in [0.1, 0.15) is 0 Å². The van der Waals surface area contributed by atoms with E-state index in [-0.39, 0.29) is 10.0 Å². The van der Waals surface area contributed by atoms with Crippen molar-refractivity contribution in [3.63, 3.8) is 0 Å². The summed E-state index contributed by atoms with van der Waals surface area (Å²) in [6.45, 7) is 4.08. The van der Waals surface area contributed by atoms with Gasteiger partial charge in [0, 0.05) is 15.5 Å². The largest absolute Gasteiger partial charge is 0.422 e.